The number of aliphatic hydroxyl groups excluding tert-OH is 1. The molecule has 64 valence electrons. The Kier molecular flexibility index (Phi) is 1.74. The predicted octanol–water partition coefficient (Wildman–Crippen LogP) is 1.93. The number of nitrogens with one attached hydrogen (secondary N) is 1. The van der Waals surface area contributed by atoms with Crippen LogP contribution in [0.15, 0.2) is 12.1 Å². The largest absolute Gasteiger partial charge is 0.373 e. The molecule has 3 heteroatoms. The van der Waals surface area contributed by atoms with Crippen LogP contribution in [0.4, 0.5) is 5.69 Å². The lowest BCUT2D eigenvalue weighted by molar-refractivity contribution is 0.212. The van der Waals surface area contributed by atoms with Gasteiger partial charge >= 0.3 is 0 Å². The van der Waals surface area contributed by atoms with E-state index in [1.54, 1.807) is 0 Å². The second-order valence-corrected chi connectivity index (χ2v) is 3.47. The van der Waals surface area contributed by atoms with Crippen LogP contribution in [0.5, 0.6) is 0 Å². The van der Waals surface area contributed by atoms with Gasteiger partial charge in [-0.1, -0.05) is 11.6 Å². The molecule has 1 heterocycles. The van der Waals surface area contributed by atoms with Gasteiger partial charge in [-0.15, -0.1) is 0 Å². The average molecular weight is 184 g/mol. The van der Waals surface area contributed by atoms with Crippen molar-refractivity contribution in [1.29, 1.82) is 0 Å². The predicted molar refractivity (Wildman–Crippen MR) is 49.5 cm³/mol. The zero-order valence-electron chi connectivity index (χ0n) is 6.76. The number of rotatable bonds is 0. The van der Waals surface area contributed by atoms with Crippen LogP contribution < -0.4 is 5.32 Å². The van der Waals surface area contributed by atoms with Gasteiger partial charge in [0.25, 0.3) is 0 Å². The fourth-order valence-corrected chi connectivity index (χ4v) is 1.73. The molecule has 1 aromatic carbocycles. The molecule has 0 fully saturated rings. The minimum absolute atomic E-state index is 0.447. The average Bonchev–Trinajstić information content (AvgIpc) is 2.39. The summed E-state index contributed by atoms with van der Waals surface area (Å²) in [7, 11) is 0. The van der Waals surface area contributed by atoms with E-state index >= 15 is 0 Å². The summed E-state index contributed by atoms with van der Waals surface area (Å²) in [6, 6.07) is 3.75. The number of benzene rings is 1. The van der Waals surface area contributed by atoms with E-state index < -0.39 is 6.23 Å². The zero-order chi connectivity index (χ0) is 8.72. The normalized spacial score (nSPS) is 20.4. The SMILES string of the molecule is Cc1c(Cl)ccc2c1CC(O)N2. The van der Waals surface area contributed by atoms with Crippen molar-refractivity contribution in [1.82, 2.24) is 0 Å². The molecule has 12 heavy (non-hydrogen) atoms. The first-order valence-electron chi connectivity index (χ1n) is 3.91. The highest BCUT2D eigenvalue weighted by molar-refractivity contribution is 6.31. The molecular formula is C9H10ClNO. The summed E-state index contributed by atoms with van der Waals surface area (Å²) in [5.41, 5.74) is 3.21. The highest BCUT2D eigenvalue weighted by atomic mass is 35.5. The van der Waals surface area contributed by atoms with Crippen molar-refractivity contribution in [3.8, 4) is 0 Å². The molecule has 0 bridgehead atoms. The van der Waals surface area contributed by atoms with E-state index in [0.717, 1.165) is 21.8 Å². The van der Waals surface area contributed by atoms with Gasteiger partial charge < -0.3 is 10.4 Å². The Morgan fingerprint density at radius 1 is 1.58 bits per heavy atom. The smallest absolute Gasteiger partial charge is 0.128 e. The molecule has 0 spiro atoms. The Morgan fingerprint density at radius 3 is 3.08 bits per heavy atom. The van der Waals surface area contributed by atoms with Crippen LogP contribution in [0.1, 0.15) is 11.1 Å². The summed E-state index contributed by atoms with van der Waals surface area (Å²) in [4.78, 5) is 0. The Hall–Kier alpha value is -0.730. The fraction of sp³-hybridized carbons (Fsp3) is 0.333. The van der Waals surface area contributed by atoms with Gasteiger partial charge in [0.05, 0.1) is 0 Å². The molecule has 0 aromatic heterocycles. The van der Waals surface area contributed by atoms with Gasteiger partial charge in [-0.05, 0) is 30.2 Å². The van der Waals surface area contributed by atoms with Gasteiger partial charge in [-0.3, -0.25) is 0 Å². The van der Waals surface area contributed by atoms with E-state index in [0.29, 0.717) is 6.42 Å². The highest BCUT2D eigenvalue weighted by Gasteiger charge is 2.20. The third kappa shape index (κ3) is 1.08. The molecule has 2 N–H and O–H groups in total. The maximum Gasteiger partial charge on any atom is 0.128 e. The molecule has 1 aromatic rings. The van der Waals surface area contributed by atoms with Crippen LogP contribution >= 0.6 is 11.6 Å². The van der Waals surface area contributed by atoms with Crippen LogP contribution in [0.25, 0.3) is 0 Å². The van der Waals surface area contributed by atoms with Crippen molar-refractivity contribution in [2.24, 2.45) is 0 Å². The van der Waals surface area contributed by atoms with Gasteiger partial charge in [0.15, 0.2) is 0 Å². The van der Waals surface area contributed by atoms with E-state index in [9.17, 15) is 5.11 Å². The molecule has 1 unspecified atom stereocenters. The summed E-state index contributed by atoms with van der Waals surface area (Å²) in [6.07, 6.45) is 0.207. The lowest BCUT2D eigenvalue weighted by atomic mass is 10.1. The van der Waals surface area contributed by atoms with E-state index in [2.05, 4.69) is 5.32 Å². The summed E-state index contributed by atoms with van der Waals surface area (Å²) in [6.45, 7) is 1.97. The lowest BCUT2D eigenvalue weighted by Crippen LogP contribution is -2.12. The zero-order valence-corrected chi connectivity index (χ0v) is 7.52. The van der Waals surface area contributed by atoms with Crippen molar-refractivity contribution in [3.63, 3.8) is 0 Å². The topological polar surface area (TPSA) is 32.3 Å². The van der Waals surface area contributed by atoms with Crippen molar-refractivity contribution in [2.45, 2.75) is 19.6 Å². The second kappa shape index (κ2) is 2.64. The standard InChI is InChI=1S/C9H10ClNO/c1-5-6-4-9(12)11-8(6)3-2-7(5)10/h2-3,9,11-12H,4H2,1H3. The minimum Gasteiger partial charge on any atom is -0.373 e. The van der Waals surface area contributed by atoms with Crippen LogP contribution in [-0.4, -0.2) is 11.3 Å². The number of aliphatic hydroxyl groups is 1. The van der Waals surface area contributed by atoms with Crippen molar-refractivity contribution in [3.05, 3.63) is 28.3 Å². The number of anilines is 1. The summed E-state index contributed by atoms with van der Waals surface area (Å²) in [5.74, 6) is 0. The van der Waals surface area contributed by atoms with Gasteiger partial charge in [0, 0.05) is 17.1 Å². The molecule has 0 aliphatic carbocycles. The van der Waals surface area contributed by atoms with Gasteiger partial charge in [-0.2, -0.15) is 0 Å². The van der Waals surface area contributed by atoms with Crippen LogP contribution in [0.3, 0.4) is 0 Å². The minimum atomic E-state index is -0.447. The van der Waals surface area contributed by atoms with Crippen molar-refractivity contribution < 1.29 is 5.11 Å². The molecule has 2 rings (SSSR count). The van der Waals surface area contributed by atoms with Crippen LogP contribution in [-0.2, 0) is 6.42 Å². The van der Waals surface area contributed by atoms with Crippen molar-refractivity contribution >= 4 is 17.3 Å². The molecule has 2 nitrogen and oxygen atoms in total. The Labute approximate surface area is 76.2 Å². The summed E-state index contributed by atoms with van der Waals surface area (Å²) >= 11 is 5.93. The van der Waals surface area contributed by atoms with E-state index in [1.807, 2.05) is 19.1 Å². The Balaban J connectivity index is 2.54. The lowest BCUT2D eigenvalue weighted by Gasteiger charge is -2.03. The number of hydrogen-bond donors (Lipinski definition) is 2. The number of halogens is 1. The van der Waals surface area contributed by atoms with Gasteiger partial charge in [0.2, 0.25) is 0 Å². The molecule has 1 atom stereocenters. The maximum absolute atomic E-state index is 9.31. The molecule has 1 aliphatic heterocycles. The quantitative estimate of drug-likeness (QED) is 0.644. The van der Waals surface area contributed by atoms with E-state index in [4.69, 9.17) is 11.6 Å². The van der Waals surface area contributed by atoms with Gasteiger partial charge in [0.1, 0.15) is 6.23 Å². The monoisotopic (exact) mass is 183 g/mol. The highest BCUT2D eigenvalue weighted by Crippen LogP contribution is 2.31. The number of fused-ring (bicyclic) bond motifs is 1. The van der Waals surface area contributed by atoms with Gasteiger partial charge in [-0.25, -0.2) is 0 Å². The first kappa shape index (κ1) is 7.90. The molecule has 0 saturated heterocycles. The third-order valence-electron chi connectivity index (χ3n) is 2.25. The summed E-state index contributed by atoms with van der Waals surface area (Å²) in [5, 5.41) is 13.0. The summed E-state index contributed by atoms with van der Waals surface area (Å²) < 4.78 is 0. The molecule has 0 radical (unpaired) electrons. The fourth-order valence-electron chi connectivity index (χ4n) is 1.55. The first-order valence-corrected chi connectivity index (χ1v) is 4.29. The Morgan fingerprint density at radius 2 is 2.33 bits per heavy atom. The van der Waals surface area contributed by atoms with E-state index in [1.165, 1.54) is 0 Å². The first-order chi connectivity index (χ1) is 5.68. The molecule has 0 saturated carbocycles. The molecule has 1 aliphatic rings. The maximum atomic E-state index is 9.31. The van der Waals surface area contributed by atoms with Crippen LogP contribution in [0.2, 0.25) is 5.02 Å². The van der Waals surface area contributed by atoms with E-state index in [-0.39, 0.29) is 0 Å². The van der Waals surface area contributed by atoms with Crippen molar-refractivity contribution in [2.75, 3.05) is 5.32 Å². The Bertz CT molecular complexity index is 325. The second-order valence-electron chi connectivity index (χ2n) is 3.06. The number of hydrogen-bond acceptors (Lipinski definition) is 2. The molecular weight excluding hydrogens is 174 g/mol. The third-order valence-corrected chi connectivity index (χ3v) is 2.66. The van der Waals surface area contributed by atoms with Crippen LogP contribution in [0, 0.1) is 6.92 Å². The molecule has 0 amide bonds.